The number of carboxylic acids is 1. The number of carboxylic acid groups (broad SMARTS) is 1. The number of ether oxygens (including phenoxy) is 1. The molecule has 1 aromatic carbocycles. The molecule has 1 N–H and O–H groups in total. The summed E-state index contributed by atoms with van der Waals surface area (Å²) >= 11 is 0. The molecule has 2 aromatic rings. The monoisotopic (exact) mass is 250 g/mol. The van der Waals surface area contributed by atoms with Gasteiger partial charge < -0.3 is 14.3 Å². The molecule has 0 aliphatic heterocycles. The Morgan fingerprint density at radius 1 is 1.39 bits per heavy atom. The molecular formula is C13H11FO4. The minimum Gasteiger partial charge on any atom is -0.486 e. The summed E-state index contributed by atoms with van der Waals surface area (Å²) in [5, 5.41) is 8.85. The maximum absolute atomic E-state index is 12.7. The molecule has 0 radical (unpaired) electrons. The second-order valence-corrected chi connectivity index (χ2v) is 3.73. The molecule has 0 amide bonds. The summed E-state index contributed by atoms with van der Waals surface area (Å²) in [7, 11) is 0. The number of furan rings is 1. The molecule has 0 bridgehead atoms. The number of carbonyl (C=O) groups is 1. The first kappa shape index (κ1) is 12.2. The largest absolute Gasteiger partial charge is 0.486 e. The molecule has 4 nitrogen and oxygen atoms in total. The maximum Gasteiger partial charge on any atom is 0.339 e. The van der Waals surface area contributed by atoms with Crippen LogP contribution in [-0.2, 0) is 6.61 Å². The lowest BCUT2D eigenvalue weighted by atomic mass is 10.2. The van der Waals surface area contributed by atoms with Gasteiger partial charge in [-0.05, 0) is 37.3 Å². The number of aromatic carboxylic acids is 1. The minimum atomic E-state index is -1.04. The fraction of sp³-hybridized carbons (Fsp3) is 0.154. The second kappa shape index (κ2) is 4.91. The van der Waals surface area contributed by atoms with Gasteiger partial charge in [0.05, 0.1) is 0 Å². The fourth-order valence-corrected chi connectivity index (χ4v) is 1.51. The number of hydrogen-bond acceptors (Lipinski definition) is 3. The van der Waals surface area contributed by atoms with Gasteiger partial charge in [-0.3, -0.25) is 0 Å². The Morgan fingerprint density at radius 2 is 2.06 bits per heavy atom. The third kappa shape index (κ3) is 2.68. The smallest absolute Gasteiger partial charge is 0.339 e. The van der Waals surface area contributed by atoms with E-state index in [4.69, 9.17) is 14.3 Å². The molecule has 0 spiro atoms. The molecule has 5 heteroatoms. The zero-order valence-electron chi connectivity index (χ0n) is 9.64. The van der Waals surface area contributed by atoms with Crippen LogP contribution < -0.4 is 4.74 Å². The van der Waals surface area contributed by atoms with Crippen LogP contribution in [-0.4, -0.2) is 11.1 Å². The van der Waals surface area contributed by atoms with Gasteiger partial charge >= 0.3 is 5.97 Å². The average molecular weight is 250 g/mol. The number of rotatable bonds is 4. The van der Waals surface area contributed by atoms with Gasteiger partial charge in [-0.2, -0.15) is 0 Å². The highest BCUT2D eigenvalue weighted by Crippen LogP contribution is 2.18. The summed E-state index contributed by atoms with van der Waals surface area (Å²) in [6, 6.07) is 6.96. The van der Waals surface area contributed by atoms with Gasteiger partial charge in [0.1, 0.15) is 35.3 Å². The Morgan fingerprint density at radius 3 is 2.61 bits per heavy atom. The fourth-order valence-electron chi connectivity index (χ4n) is 1.51. The van der Waals surface area contributed by atoms with Crippen molar-refractivity contribution in [1.82, 2.24) is 0 Å². The Kier molecular flexibility index (Phi) is 3.32. The van der Waals surface area contributed by atoms with Crippen molar-refractivity contribution >= 4 is 5.97 Å². The van der Waals surface area contributed by atoms with Gasteiger partial charge in [0, 0.05) is 0 Å². The van der Waals surface area contributed by atoms with Crippen molar-refractivity contribution in [2.75, 3.05) is 0 Å². The SMILES string of the molecule is Cc1oc(COc2ccc(F)cc2)cc1C(=O)O. The van der Waals surface area contributed by atoms with E-state index in [9.17, 15) is 9.18 Å². The lowest BCUT2D eigenvalue weighted by Crippen LogP contribution is -1.96. The predicted molar refractivity (Wildman–Crippen MR) is 61.1 cm³/mol. The zero-order valence-corrected chi connectivity index (χ0v) is 9.64. The van der Waals surface area contributed by atoms with Crippen LogP contribution >= 0.6 is 0 Å². The van der Waals surface area contributed by atoms with Gasteiger partial charge in [0.2, 0.25) is 0 Å². The third-order valence-corrected chi connectivity index (χ3v) is 2.39. The summed E-state index contributed by atoms with van der Waals surface area (Å²) < 4.78 is 23.2. The molecule has 94 valence electrons. The minimum absolute atomic E-state index is 0.0970. The molecule has 18 heavy (non-hydrogen) atoms. The summed E-state index contributed by atoms with van der Waals surface area (Å²) in [5.74, 6) is -0.148. The topological polar surface area (TPSA) is 59.7 Å². The van der Waals surface area contributed by atoms with Crippen molar-refractivity contribution < 1.29 is 23.4 Å². The van der Waals surface area contributed by atoms with Crippen LogP contribution in [0.25, 0.3) is 0 Å². The van der Waals surface area contributed by atoms with Crippen LogP contribution in [0.4, 0.5) is 4.39 Å². The van der Waals surface area contributed by atoms with E-state index in [1.807, 2.05) is 0 Å². The molecule has 0 fully saturated rings. The predicted octanol–water partition coefficient (Wildman–Crippen LogP) is 3.00. The molecule has 0 saturated carbocycles. The van der Waals surface area contributed by atoms with E-state index in [1.54, 1.807) is 6.92 Å². The van der Waals surface area contributed by atoms with Gasteiger partial charge in [0.15, 0.2) is 0 Å². The number of benzene rings is 1. The van der Waals surface area contributed by atoms with Crippen molar-refractivity contribution in [3.8, 4) is 5.75 Å². The van der Waals surface area contributed by atoms with Crippen LogP contribution in [0.15, 0.2) is 34.7 Å². The molecule has 0 aliphatic rings. The van der Waals surface area contributed by atoms with Crippen molar-refractivity contribution in [2.24, 2.45) is 0 Å². The van der Waals surface area contributed by atoms with E-state index in [2.05, 4.69) is 0 Å². The van der Waals surface area contributed by atoms with Crippen LogP contribution in [0.5, 0.6) is 5.75 Å². The van der Waals surface area contributed by atoms with Gasteiger partial charge in [-0.15, -0.1) is 0 Å². The normalized spacial score (nSPS) is 10.3. The summed E-state index contributed by atoms with van der Waals surface area (Å²) in [6.07, 6.45) is 0. The summed E-state index contributed by atoms with van der Waals surface area (Å²) in [6.45, 7) is 1.67. The Bertz CT molecular complexity index is 557. The molecule has 2 rings (SSSR count). The van der Waals surface area contributed by atoms with Crippen molar-refractivity contribution in [2.45, 2.75) is 13.5 Å². The van der Waals surface area contributed by atoms with E-state index < -0.39 is 5.97 Å². The first-order valence-electron chi connectivity index (χ1n) is 5.27. The van der Waals surface area contributed by atoms with Gasteiger partial charge in [-0.1, -0.05) is 0 Å². The quantitative estimate of drug-likeness (QED) is 0.906. The molecule has 1 aromatic heterocycles. The van der Waals surface area contributed by atoms with Crippen molar-refractivity contribution in [1.29, 1.82) is 0 Å². The molecule has 0 unspecified atom stereocenters. The molecule has 1 heterocycles. The van der Waals surface area contributed by atoms with E-state index in [0.717, 1.165) is 0 Å². The van der Waals surface area contributed by atoms with E-state index in [0.29, 0.717) is 17.3 Å². The molecule has 0 saturated heterocycles. The standard InChI is InChI=1S/C13H11FO4/c1-8-12(13(15)16)6-11(18-8)7-17-10-4-2-9(14)3-5-10/h2-6H,7H2,1H3,(H,15,16). The van der Waals surface area contributed by atoms with Crippen molar-refractivity contribution in [3.63, 3.8) is 0 Å². The zero-order chi connectivity index (χ0) is 13.1. The second-order valence-electron chi connectivity index (χ2n) is 3.73. The number of hydrogen-bond donors (Lipinski definition) is 1. The van der Waals surface area contributed by atoms with E-state index >= 15 is 0 Å². The Hall–Kier alpha value is -2.30. The lowest BCUT2D eigenvalue weighted by molar-refractivity contribution is 0.0695. The van der Waals surface area contributed by atoms with E-state index in [-0.39, 0.29) is 18.0 Å². The van der Waals surface area contributed by atoms with Gasteiger partial charge in [-0.25, -0.2) is 9.18 Å². The average Bonchev–Trinajstić information content (AvgIpc) is 2.70. The lowest BCUT2D eigenvalue weighted by Gasteiger charge is -2.03. The van der Waals surface area contributed by atoms with Crippen LogP contribution in [0.1, 0.15) is 21.9 Å². The first-order valence-corrected chi connectivity index (χ1v) is 5.27. The van der Waals surface area contributed by atoms with Crippen LogP contribution in [0.2, 0.25) is 0 Å². The molecular weight excluding hydrogens is 239 g/mol. The number of aryl methyl sites for hydroxylation is 1. The number of halogens is 1. The highest BCUT2D eigenvalue weighted by atomic mass is 19.1. The summed E-state index contributed by atoms with van der Waals surface area (Å²) in [5.41, 5.74) is 0.118. The maximum atomic E-state index is 12.7. The van der Waals surface area contributed by atoms with E-state index in [1.165, 1.54) is 30.3 Å². The third-order valence-electron chi connectivity index (χ3n) is 2.39. The van der Waals surface area contributed by atoms with Crippen LogP contribution in [0.3, 0.4) is 0 Å². The Labute approximate surface area is 103 Å². The highest BCUT2D eigenvalue weighted by molar-refractivity contribution is 5.88. The molecule has 0 aliphatic carbocycles. The Balaban J connectivity index is 2.04. The molecule has 0 atom stereocenters. The summed E-state index contributed by atoms with van der Waals surface area (Å²) in [4.78, 5) is 10.8. The highest BCUT2D eigenvalue weighted by Gasteiger charge is 2.13. The van der Waals surface area contributed by atoms with Crippen LogP contribution in [0, 0.1) is 12.7 Å². The van der Waals surface area contributed by atoms with Crippen molar-refractivity contribution in [3.05, 3.63) is 53.2 Å². The first-order chi connectivity index (χ1) is 8.56. The van der Waals surface area contributed by atoms with Gasteiger partial charge in [0.25, 0.3) is 0 Å².